The summed E-state index contributed by atoms with van der Waals surface area (Å²) in [5, 5.41) is 5.34. The molecule has 12 heavy (non-hydrogen) atoms. The van der Waals surface area contributed by atoms with Crippen molar-refractivity contribution in [3.63, 3.8) is 0 Å². The highest BCUT2D eigenvalue weighted by atomic mass is 16.5. The Hall–Kier alpha value is -1.10. The highest BCUT2D eigenvalue weighted by Crippen LogP contribution is 1.92. The molecule has 0 radical (unpaired) electrons. The van der Waals surface area contributed by atoms with E-state index in [9.17, 15) is 9.59 Å². The molecule has 1 saturated heterocycles. The topological polar surface area (TPSA) is 67.4 Å². The SMILES string of the molecule is CCOC(=O)[C@@H]1NCCNC1=O. The average molecular weight is 172 g/mol. The second-order valence-corrected chi connectivity index (χ2v) is 2.43. The third-order valence-corrected chi connectivity index (χ3v) is 1.56. The standard InChI is InChI=1S/C7H12N2O3/c1-2-12-7(11)5-6(10)9-4-3-8-5/h5,8H,2-4H2,1H3,(H,9,10)/t5-/m1/s1. The van der Waals surface area contributed by atoms with Gasteiger partial charge in [-0.2, -0.15) is 0 Å². The van der Waals surface area contributed by atoms with E-state index in [0.717, 1.165) is 0 Å². The van der Waals surface area contributed by atoms with Gasteiger partial charge in [0, 0.05) is 13.1 Å². The Morgan fingerprint density at radius 2 is 2.42 bits per heavy atom. The molecule has 0 bridgehead atoms. The molecule has 5 nitrogen and oxygen atoms in total. The van der Waals surface area contributed by atoms with Crippen molar-refractivity contribution >= 4 is 11.9 Å². The third-order valence-electron chi connectivity index (χ3n) is 1.56. The van der Waals surface area contributed by atoms with Crippen LogP contribution < -0.4 is 10.6 Å². The van der Waals surface area contributed by atoms with Crippen molar-refractivity contribution < 1.29 is 14.3 Å². The number of hydrogen-bond donors (Lipinski definition) is 2. The quantitative estimate of drug-likeness (QED) is 0.398. The largest absolute Gasteiger partial charge is 0.464 e. The van der Waals surface area contributed by atoms with E-state index in [-0.39, 0.29) is 5.91 Å². The number of rotatable bonds is 2. The van der Waals surface area contributed by atoms with E-state index in [4.69, 9.17) is 0 Å². The lowest BCUT2D eigenvalue weighted by Crippen LogP contribution is -2.56. The zero-order chi connectivity index (χ0) is 8.97. The summed E-state index contributed by atoms with van der Waals surface area (Å²) < 4.78 is 4.69. The Morgan fingerprint density at radius 1 is 1.67 bits per heavy atom. The fourth-order valence-electron chi connectivity index (χ4n) is 1.01. The van der Waals surface area contributed by atoms with Crippen molar-refractivity contribution in [3.05, 3.63) is 0 Å². The van der Waals surface area contributed by atoms with Crippen LogP contribution in [-0.4, -0.2) is 37.6 Å². The number of amides is 1. The fraction of sp³-hybridized carbons (Fsp3) is 0.714. The molecular formula is C7H12N2O3. The van der Waals surface area contributed by atoms with Crippen LogP contribution in [0.2, 0.25) is 0 Å². The number of hydrogen-bond acceptors (Lipinski definition) is 4. The van der Waals surface area contributed by atoms with Gasteiger partial charge < -0.3 is 10.1 Å². The van der Waals surface area contributed by atoms with Crippen LogP contribution >= 0.6 is 0 Å². The first kappa shape index (κ1) is 8.99. The lowest BCUT2D eigenvalue weighted by atomic mass is 10.2. The molecule has 1 amide bonds. The summed E-state index contributed by atoms with van der Waals surface area (Å²) in [4.78, 5) is 22.1. The predicted octanol–water partition coefficient (Wildman–Crippen LogP) is -1.36. The number of carbonyl (C=O) groups excluding carboxylic acids is 2. The van der Waals surface area contributed by atoms with E-state index < -0.39 is 12.0 Å². The molecule has 5 heteroatoms. The van der Waals surface area contributed by atoms with Crippen LogP contribution in [0.3, 0.4) is 0 Å². The third kappa shape index (κ3) is 1.94. The maximum atomic E-state index is 11.1. The van der Waals surface area contributed by atoms with Gasteiger partial charge in [0.25, 0.3) is 0 Å². The number of esters is 1. The minimum absolute atomic E-state index is 0.296. The summed E-state index contributed by atoms with van der Waals surface area (Å²) in [6, 6.07) is -0.821. The van der Waals surface area contributed by atoms with Crippen molar-refractivity contribution in [3.8, 4) is 0 Å². The zero-order valence-corrected chi connectivity index (χ0v) is 6.92. The maximum absolute atomic E-state index is 11.1. The Kier molecular flexibility index (Phi) is 3.04. The normalized spacial score (nSPS) is 23.1. The molecule has 0 aliphatic carbocycles. The van der Waals surface area contributed by atoms with Crippen LogP contribution in [0.25, 0.3) is 0 Å². The van der Waals surface area contributed by atoms with Gasteiger partial charge in [0.15, 0.2) is 6.04 Å². The second-order valence-electron chi connectivity index (χ2n) is 2.43. The van der Waals surface area contributed by atoms with Gasteiger partial charge in [0.2, 0.25) is 5.91 Å². The van der Waals surface area contributed by atoms with Gasteiger partial charge in [-0.3, -0.25) is 10.1 Å². The van der Waals surface area contributed by atoms with E-state index in [2.05, 4.69) is 15.4 Å². The molecule has 0 aromatic carbocycles. The van der Waals surface area contributed by atoms with Crippen molar-refractivity contribution in [2.24, 2.45) is 0 Å². The van der Waals surface area contributed by atoms with Crippen LogP contribution in [0.1, 0.15) is 6.92 Å². The first-order chi connectivity index (χ1) is 5.75. The van der Waals surface area contributed by atoms with Crippen molar-refractivity contribution in [1.29, 1.82) is 0 Å². The van der Waals surface area contributed by atoms with Gasteiger partial charge in [-0.15, -0.1) is 0 Å². The van der Waals surface area contributed by atoms with Crippen LogP contribution in [-0.2, 0) is 14.3 Å². The lowest BCUT2D eigenvalue weighted by molar-refractivity contribution is -0.149. The molecule has 1 aliphatic rings. The Labute approximate surface area is 70.5 Å². The molecule has 0 unspecified atom stereocenters. The van der Waals surface area contributed by atoms with Crippen molar-refractivity contribution in [1.82, 2.24) is 10.6 Å². The zero-order valence-electron chi connectivity index (χ0n) is 6.92. The molecule has 1 heterocycles. The van der Waals surface area contributed by atoms with Crippen LogP contribution in [0.4, 0.5) is 0 Å². The van der Waals surface area contributed by atoms with Crippen LogP contribution in [0.15, 0.2) is 0 Å². The molecule has 0 aromatic heterocycles. The van der Waals surface area contributed by atoms with Gasteiger partial charge in [0.05, 0.1) is 6.61 Å². The van der Waals surface area contributed by atoms with Gasteiger partial charge >= 0.3 is 5.97 Å². The van der Waals surface area contributed by atoms with Gasteiger partial charge in [-0.1, -0.05) is 0 Å². The summed E-state index contributed by atoms with van der Waals surface area (Å²) in [5.41, 5.74) is 0. The first-order valence-electron chi connectivity index (χ1n) is 3.93. The van der Waals surface area contributed by atoms with Crippen molar-refractivity contribution in [2.75, 3.05) is 19.7 Å². The summed E-state index contributed by atoms with van der Waals surface area (Å²) in [6.07, 6.45) is 0. The van der Waals surface area contributed by atoms with Crippen LogP contribution in [0, 0.1) is 0 Å². The Morgan fingerprint density at radius 3 is 3.00 bits per heavy atom. The number of ether oxygens (including phenoxy) is 1. The summed E-state index contributed by atoms with van der Waals surface area (Å²) >= 11 is 0. The minimum atomic E-state index is -0.821. The average Bonchev–Trinajstić information content (AvgIpc) is 2.05. The van der Waals surface area contributed by atoms with E-state index >= 15 is 0 Å². The molecule has 1 aliphatic heterocycles. The highest BCUT2D eigenvalue weighted by molar-refractivity contribution is 6.02. The van der Waals surface area contributed by atoms with E-state index in [1.807, 2.05) is 0 Å². The molecular weight excluding hydrogens is 160 g/mol. The number of carbonyl (C=O) groups is 2. The van der Waals surface area contributed by atoms with Gasteiger partial charge in [-0.25, -0.2) is 4.79 Å². The second kappa shape index (κ2) is 4.06. The summed E-state index contributed by atoms with van der Waals surface area (Å²) in [7, 11) is 0. The van der Waals surface area contributed by atoms with Crippen molar-refractivity contribution in [2.45, 2.75) is 13.0 Å². The van der Waals surface area contributed by atoms with Crippen LogP contribution in [0.5, 0.6) is 0 Å². The molecule has 2 N–H and O–H groups in total. The molecule has 0 aromatic rings. The number of nitrogens with one attached hydrogen (secondary N) is 2. The van der Waals surface area contributed by atoms with Gasteiger partial charge in [-0.05, 0) is 6.92 Å². The molecule has 68 valence electrons. The predicted molar refractivity (Wildman–Crippen MR) is 41.4 cm³/mol. The van der Waals surface area contributed by atoms with Gasteiger partial charge in [0.1, 0.15) is 0 Å². The Balaban J connectivity index is 2.48. The summed E-state index contributed by atoms with van der Waals surface area (Å²) in [5.74, 6) is -0.811. The smallest absolute Gasteiger partial charge is 0.332 e. The summed E-state index contributed by atoms with van der Waals surface area (Å²) in [6.45, 7) is 3.17. The molecule has 0 spiro atoms. The number of piperazine rings is 1. The fourth-order valence-corrected chi connectivity index (χ4v) is 1.01. The van der Waals surface area contributed by atoms with E-state index in [1.54, 1.807) is 6.92 Å². The van der Waals surface area contributed by atoms with E-state index in [0.29, 0.717) is 19.7 Å². The molecule has 1 rings (SSSR count). The Bertz CT molecular complexity index is 193. The highest BCUT2D eigenvalue weighted by Gasteiger charge is 2.29. The molecule has 1 atom stereocenters. The lowest BCUT2D eigenvalue weighted by Gasteiger charge is -2.21. The maximum Gasteiger partial charge on any atom is 0.332 e. The molecule has 1 fully saturated rings. The first-order valence-corrected chi connectivity index (χ1v) is 3.93. The monoisotopic (exact) mass is 172 g/mol. The minimum Gasteiger partial charge on any atom is -0.464 e. The molecule has 0 saturated carbocycles. The van der Waals surface area contributed by atoms with E-state index in [1.165, 1.54) is 0 Å².